The first kappa shape index (κ1) is 26.4. The second-order valence-corrected chi connectivity index (χ2v) is 10.2. The number of aliphatic hydroxyl groups excluding tert-OH is 1. The van der Waals surface area contributed by atoms with E-state index in [-0.39, 0.29) is 46.4 Å². The molecule has 1 aliphatic heterocycles. The molecule has 200 valence electrons. The minimum absolute atomic E-state index is 0.00337. The highest BCUT2D eigenvalue weighted by molar-refractivity contribution is 6.34. The maximum atomic E-state index is 16.0. The van der Waals surface area contributed by atoms with Crippen molar-refractivity contribution < 1.29 is 28.2 Å². The number of hydrogen-bond acceptors (Lipinski definition) is 5. The summed E-state index contributed by atoms with van der Waals surface area (Å²) in [4.78, 5) is 12.4. The molecule has 0 bridgehead atoms. The molecule has 0 unspecified atom stereocenters. The number of carbonyl (C=O) groups is 1. The van der Waals surface area contributed by atoms with Crippen LogP contribution >= 0.6 is 11.6 Å². The number of primary amides is 1. The van der Waals surface area contributed by atoms with E-state index in [9.17, 15) is 4.79 Å². The standard InChI is InChI=1S/C29H29ClF2N2O4/c1-16-23-22(38-29(16,15-34-18-8-5-9-18)17-6-3-2-4-7-17)14-20(31)26(30)25(23)24-19(28(33)36)10-11-21(27(24)32)37-13-12-35/h2-4,6-7,10-11,14,16,18,34-35H,5,8-9,12-13,15H2,1H3,(H2,33,36)/t16-,29-/m0/s1. The molecule has 4 N–H and O–H groups in total. The molecule has 1 heterocycles. The molecule has 9 heteroatoms. The van der Waals surface area contributed by atoms with Crippen LogP contribution in [-0.2, 0) is 5.60 Å². The first-order valence-electron chi connectivity index (χ1n) is 12.6. The van der Waals surface area contributed by atoms with Crippen molar-refractivity contribution in [3.8, 4) is 22.6 Å². The molecule has 1 fully saturated rings. The number of ether oxygens (including phenoxy) is 2. The van der Waals surface area contributed by atoms with Crippen LogP contribution in [0.1, 0.15) is 53.6 Å². The highest BCUT2D eigenvalue weighted by atomic mass is 35.5. The van der Waals surface area contributed by atoms with Crippen molar-refractivity contribution in [2.45, 2.75) is 43.7 Å². The maximum Gasteiger partial charge on any atom is 0.249 e. The van der Waals surface area contributed by atoms with E-state index in [1.807, 2.05) is 37.3 Å². The van der Waals surface area contributed by atoms with Crippen molar-refractivity contribution in [2.75, 3.05) is 19.8 Å². The van der Waals surface area contributed by atoms with Gasteiger partial charge in [-0.3, -0.25) is 4.79 Å². The largest absolute Gasteiger partial charge is 0.488 e. The molecule has 3 aromatic rings. The van der Waals surface area contributed by atoms with E-state index >= 15 is 8.78 Å². The Morgan fingerprint density at radius 1 is 1.21 bits per heavy atom. The molecule has 0 aromatic heterocycles. The summed E-state index contributed by atoms with van der Waals surface area (Å²) >= 11 is 6.53. The molecule has 0 saturated heterocycles. The predicted octanol–water partition coefficient (Wildman–Crippen LogP) is 5.29. The van der Waals surface area contributed by atoms with E-state index < -0.39 is 29.1 Å². The molecule has 38 heavy (non-hydrogen) atoms. The highest BCUT2D eigenvalue weighted by Gasteiger charge is 2.50. The number of aliphatic hydroxyl groups is 1. The van der Waals surface area contributed by atoms with E-state index in [4.69, 9.17) is 31.9 Å². The molecule has 2 aliphatic rings. The van der Waals surface area contributed by atoms with Crippen molar-refractivity contribution in [2.24, 2.45) is 5.73 Å². The first-order chi connectivity index (χ1) is 18.3. The number of nitrogens with two attached hydrogens (primary N) is 1. The van der Waals surface area contributed by atoms with E-state index in [0.717, 1.165) is 24.8 Å². The first-order valence-corrected chi connectivity index (χ1v) is 13.0. The predicted molar refractivity (Wildman–Crippen MR) is 141 cm³/mol. The van der Waals surface area contributed by atoms with Gasteiger partial charge in [-0.25, -0.2) is 8.78 Å². The molecule has 6 nitrogen and oxygen atoms in total. The third kappa shape index (κ3) is 4.40. The van der Waals surface area contributed by atoms with Crippen LogP contribution in [0.15, 0.2) is 48.5 Å². The third-order valence-electron chi connectivity index (χ3n) is 7.64. The van der Waals surface area contributed by atoms with E-state index in [1.54, 1.807) is 0 Å². The summed E-state index contributed by atoms with van der Waals surface area (Å²) in [5, 5.41) is 12.4. The zero-order chi connectivity index (χ0) is 27.0. The zero-order valence-corrected chi connectivity index (χ0v) is 21.7. The fourth-order valence-electron chi connectivity index (χ4n) is 5.40. The summed E-state index contributed by atoms with van der Waals surface area (Å²) in [5.74, 6) is -3.09. The zero-order valence-electron chi connectivity index (χ0n) is 20.9. The van der Waals surface area contributed by atoms with Crippen LogP contribution in [0.2, 0.25) is 5.02 Å². The monoisotopic (exact) mass is 542 g/mol. The van der Waals surface area contributed by atoms with Gasteiger partial charge in [-0.1, -0.05) is 55.3 Å². The molecule has 1 amide bonds. The Kier molecular flexibility index (Phi) is 7.31. The number of amides is 1. The van der Waals surface area contributed by atoms with Gasteiger partial charge in [0.1, 0.15) is 18.2 Å². The summed E-state index contributed by atoms with van der Waals surface area (Å²) in [5.41, 5.74) is 5.57. The minimum Gasteiger partial charge on any atom is -0.488 e. The Bertz CT molecular complexity index is 1370. The Balaban J connectivity index is 1.72. The summed E-state index contributed by atoms with van der Waals surface area (Å²) < 4.78 is 43.2. The molecule has 0 spiro atoms. The lowest BCUT2D eigenvalue weighted by Gasteiger charge is -2.37. The van der Waals surface area contributed by atoms with Gasteiger partial charge < -0.3 is 25.6 Å². The smallest absolute Gasteiger partial charge is 0.249 e. The molecule has 0 radical (unpaired) electrons. The van der Waals surface area contributed by atoms with Gasteiger partial charge >= 0.3 is 0 Å². The topological polar surface area (TPSA) is 93.8 Å². The molecule has 2 atom stereocenters. The van der Waals surface area contributed by atoms with Gasteiger partial charge in [-0.15, -0.1) is 0 Å². The van der Waals surface area contributed by atoms with Crippen LogP contribution in [0.25, 0.3) is 11.1 Å². The molecular formula is C29H29ClF2N2O4. The van der Waals surface area contributed by atoms with Crippen molar-refractivity contribution in [1.29, 1.82) is 0 Å². The fourth-order valence-corrected chi connectivity index (χ4v) is 5.65. The van der Waals surface area contributed by atoms with Gasteiger partial charge in [-0.05, 0) is 30.5 Å². The van der Waals surface area contributed by atoms with Crippen LogP contribution in [-0.4, -0.2) is 36.8 Å². The molecule has 1 aliphatic carbocycles. The fraction of sp³-hybridized carbons (Fsp3) is 0.345. The lowest BCUT2D eigenvalue weighted by atomic mass is 9.77. The second-order valence-electron chi connectivity index (χ2n) is 9.78. The SMILES string of the molecule is C[C@H]1c2c(cc(F)c(Cl)c2-c2c(C(N)=O)ccc(OCCO)c2F)O[C@]1(CNC1CCC1)c1ccccc1. The number of hydrogen-bond donors (Lipinski definition) is 3. The Morgan fingerprint density at radius 2 is 1.95 bits per heavy atom. The van der Waals surface area contributed by atoms with E-state index in [1.165, 1.54) is 18.2 Å². The van der Waals surface area contributed by atoms with E-state index in [2.05, 4.69) is 5.32 Å². The third-order valence-corrected chi connectivity index (χ3v) is 8.01. The summed E-state index contributed by atoms with van der Waals surface area (Å²) in [6, 6.07) is 13.7. The van der Waals surface area contributed by atoms with Crippen molar-refractivity contribution in [1.82, 2.24) is 5.32 Å². The van der Waals surface area contributed by atoms with Gasteiger partial charge in [-0.2, -0.15) is 0 Å². The highest BCUT2D eigenvalue weighted by Crippen LogP contribution is 2.56. The Labute approximate surface area is 224 Å². The van der Waals surface area contributed by atoms with E-state index in [0.29, 0.717) is 18.2 Å². The Morgan fingerprint density at radius 3 is 2.58 bits per heavy atom. The molecule has 1 saturated carbocycles. The summed E-state index contributed by atoms with van der Waals surface area (Å²) in [6.45, 7) is 1.83. The average molecular weight is 543 g/mol. The van der Waals surface area contributed by atoms with Gasteiger partial charge in [0.2, 0.25) is 5.91 Å². The average Bonchev–Trinajstić information content (AvgIpc) is 3.15. The summed E-state index contributed by atoms with van der Waals surface area (Å²) in [7, 11) is 0. The van der Waals surface area contributed by atoms with Crippen LogP contribution in [0, 0.1) is 11.6 Å². The normalized spacial score (nSPS) is 20.5. The second kappa shape index (κ2) is 10.5. The summed E-state index contributed by atoms with van der Waals surface area (Å²) in [6.07, 6.45) is 3.28. The van der Waals surface area contributed by atoms with Crippen LogP contribution in [0.3, 0.4) is 0 Å². The van der Waals surface area contributed by atoms with Crippen molar-refractivity contribution >= 4 is 17.5 Å². The van der Waals surface area contributed by atoms with Gasteiger partial charge in [0.05, 0.1) is 17.2 Å². The number of benzene rings is 3. The van der Waals surface area contributed by atoms with Crippen molar-refractivity contribution in [3.05, 3.63) is 81.9 Å². The number of carbonyl (C=O) groups excluding carboxylic acids is 1. The number of rotatable bonds is 9. The number of fused-ring (bicyclic) bond motifs is 1. The minimum atomic E-state index is -0.945. The molecule has 5 rings (SSSR count). The van der Waals surface area contributed by atoms with Crippen LogP contribution in [0.4, 0.5) is 8.78 Å². The number of nitrogens with one attached hydrogen (secondary N) is 1. The van der Waals surface area contributed by atoms with Gasteiger partial charge in [0.25, 0.3) is 0 Å². The molecule has 3 aromatic carbocycles. The Hall–Kier alpha value is -3.20. The quantitative estimate of drug-likeness (QED) is 0.342. The van der Waals surface area contributed by atoms with Crippen LogP contribution < -0.4 is 20.5 Å². The maximum absolute atomic E-state index is 16.0. The molecular weight excluding hydrogens is 514 g/mol. The van der Waals surface area contributed by atoms with Gasteiger partial charge in [0, 0.05) is 41.3 Å². The number of halogens is 3. The van der Waals surface area contributed by atoms with Crippen molar-refractivity contribution in [3.63, 3.8) is 0 Å². The van der Waals surface area contributed by atoms with Crippen LogP contribution in [0.5, 0.6) is 11.5 Å². The lowest BCUT2D eigenvalue weighted by molar-refractivity contribution is 0.0623. The lowest BCUT2D eigenvalue weighted by Crippen LogP contribution is -2.48. The van der Waals surface area contributed by atoms with Gasteiger partial charge in [0.15, 0.2) is 17.2 Å².